The Kier molecular flexibility index (Phi) is 3.01. The lowest BCUT2D eigenvalue weighted by atomic mass is 10.2. The minimum atomic E-state index is -0.468. The first kappa shape index (κ1) is 12.1. The average Bonchev–Trinajstić information content (AvgIpc) is 2.71. The number of carbonyl (C=O) groups excluding carboxylic acids is 1. The zero-order valence-corrected chi connectivity index (χ0v) is 10.4. The van der Waals surface area contributed by atoms with E-state index in [1.807, 2.05) is 13.0 Å². The Labute approximate surface area is 104 Å². The molecule has 0 aliphatic heterocycles. The number of carbonyl (C=O) groups is 1. The van der Waals surface area contributed by atoms with Gasteiger partial charge in [-0.15, -0.1) is 4.68 Å². The molecule has 0 unspecified atom stereocenters. The summed E-state index contributed by atoms with van der Waals surface area (Å²) in [6, 6.07) is 3.47. The Morgan fingerprint density at radius 1 is 1.50 bits per heavy atom. The van der Waals surface area contributed by atoms with Crippen molar-refractivity contribution in [2.24, 2.45) is 0 Å². The predicted octanol–water partition coefficient (Wildman–Crippen LogP) is 0.909. The number of hydrogen-bond donors (Lipinski definition) is 0. The fourth-order valence-corrected chi connectivity index (χ4v) is 1.78. The summed E-state index contributed by atoms with van der Waals surface area (Å²) in [7, 11) is 1.31. The molecule has 2 aromatic heterocycles. The zero-order chi connectivity index (χ0) is 13.3. The van der Waals surface area contributed by atoms with Gasteiger partial charge in [-0.3, -0.25) is 0 Å². The van der Waals surface area contributed by atoms with Gasteiger partial charge in [-0.05, 0) is 19.1 Å². The summed E-state index contributed by atoms with van der Waals surface area (Å²) in [4.78, 5) is 11.5. The van der Waals surface area contributed by atoms with E-state index in [1.165, 1.54) is 24.2 Å². The number of hydrogen-bond acceptors (Lipinski definition) is 4. The molecule has 0 atom stereocenters. The lowest BCUT2D eigenvalue weighted by Gasteiger charge is -2.09. The molecule has 2 aromatic rings. The van der Waals surface area contributed by atoms with Gasteiger partial charge < -0.3 is 9.94 Å². The smallest absolute Gasteiger partial charge is 0.343 e. The van der Waals surface area contributed by atoms with E-state index in [9.17, 15) is 10.0 Å². The summed E-state index contributed by atoms with van der Waals surface area (Å²) < 4.78 is 6.81. The van der Waals surface area contributed by atoms with Crippen LogP contribution in [0.25, 0.3) is 5.82 Å². The molecule has 0 aliphatic carbocycles. The molecule has 0 aromatic carbocycles. The van der Waals surface area contributed by atoms with Gasteiger partial charge in [-0.2, -0.15) is 0 Å². The second-order valence-electron chi connectivity index (χ2n) is 3.89. The van der Waals surface area contributed by atoms with Crippen molar-refractivity contribution in [2.75, 3.05) is 7.11 Å². The zero-order valence-electron chi connectivity index (χ0n) is 10.4. The predicted molar refractivity (Wildman–Crippen MR) is 63.3 cm³/mol. The van der Waals surface area contributed by atoms with Gasteiger partial charge in [0.25, 0.3) is 0 Å². The second kappa shape index (κ2) is 4.48. The number of aryl methyl sites for hydroxylation is 1. The van der Waals surface area contributed by atoms with Crippen LogP contribution < -0.4 is 4.73 Å². The first-order valence-corrected chi connectivity index (χ1v) is 5.38. The number of aromatic nitrogens is 3. The molecule has 0 N–H and O–H groups in total. The molecule has 0 aliphatic rings. The highest BCUT2D eigenvalue weighted by atomic mass is 16.5. The Hall–Kier alpha value is -2.37. The molecular weight excluding hydrogens is 234 g/mol. The summed E-state index contributed by atoms with van der Waals surface area (Å²) in [6.45, 7) is 3.52. The van der Waals surface area contributed by atoms with E-state index in [4.69, 9.17) is 0 Å². The van der Waals surface area contributed by atoms with Crippen LogP contribution in [0.3, 0.4) is 0 Å². The van der Waals surface area contributed by atoms with Gasteiger partial charge in [0, 0.05) is 12.5 Å². The second-order valence-corrected chi connectivity index (χ2v) is 3.89. The number of methoxy groups -OCH3 is 1. The van der Waals surface area contributed by atoms with Crippen molar-refractivity contribution in [3.05, 3.63) is 46.6 Å². The van der Waals surface area contributed by atoms with Gasteiger partial charge in [0.15, 0.2) is 0 Å². The number of nitrogens with zero attached hydrogens (tertiary/aromatic N) is 3. The van der Waals surface area contributed by atoms with Crippen molar-refractivity contribution < 1.29 is 14.3 Å². The van der Waals surface area contributed by atoms with Crippen LogP contribution in [0.15, 0.2) is 24.5 Å². The first-order valence-electron chi connectivity index (χ1n) is 5.38. The fourth-order valence-electron chi connectivity index (χ4n) is 1.78. The number of ether oxygens (including phenoxy) is 1. The molecule has 0 fully saturated rings. The van der Waals surface area contributed by atoms with E-state index in [1.54, 1.807) is 13.0 Å². The third-order valence-electron chi connectivity index (χ3n) is 2.74. The topological polar surface area (TPSA) is 71.1 Å². The maximum Gasteiger partial charge on any atom is 0.343 e. The van der Waals surface area contributed by atoms with Gasteiger partial charge in [0.05, 0.1) is 19.5 Å². The van der Waals surface area contributed by atoms with Crippen LogP contribution in [0.4, 0.5) is 0 Å². The average molecular weight is 247 g/mol. The van der Waals surface area contributed by atoms with Gasteiger partial charge >= 0.3 is 11.8 Å². The quantitative estimate of drug-likeness (QED) is 0.449. The SMILES string of the molecule is COC(=O)c1cnn(-c2c(C)ccc[n+]2[O-])c1C. The molecule has 0 radical (unpaired) electrons. The molecule has 0 amide bonds. The van der Waals surface area contributed by atoms with Gasteiger partial charge in [-0.25, -0.2) is 9.52 Å². The van der Waals surface area contributed by atoms with Crippen LogP contribution in [0, 0.1) is 19.1 Å². The number of pyridine rings is 1. The normalized spacial score (nSPS) is 10.4. The van der Waals surface area contributed by atoms with Crippen LogP contribution in [0.5, 0.6) is 0 Å². The lowest BCUT2D eigenvalue weighted by Crippen LogP contribution is -2.33. The van der Waals surface area contributed by atoms with Crippen LogP contribution in [-0.4, -0.2) is 22.9 Å². The van der Waals surface area contributed by atoms with E-state index in [2.05, 4.69) is 9.84 Å². The highest BCUT2D eigenvalue weighted by Gasteiger charge is 2.23. The van der Waals surface area contributed by atoms with Crippen molar-refractivity contribution in [2.45, 2.75) is 13.8 Å². The number of rotatable bonds is 2. The molecule has 0 saturated carbocycles. The minimum absolute atomic E-state index is 0.348. The molecule has 0 bridgehead atoms. The lowest BCUT2D eigenvalue weighted by molar-refractivity contribution is -0.600. The van der Waals surface area contributed by atoms with Crippen molar-refractivity contribution in [3.63, 3.8) is 0 Å². The van der Waals surface area contributed by atoms with E-state index in [0.29, 0.717) is 17.1 Å². The summed E-state index contributed by atoms with van der Waals surface area (Å²) in [5.74, 6) is -0.0880. The maximum atomic E-state index is 11.8. The van der Waals surface area contributed by atoms with Crippen LogP contribution >= 0.6 is 0 Å². The van der Waals surface area contributed by atoms with E-state index in [0.717, 1.165) is 10.3 Å². The molecule has 0 saturated heterocycles. The van der Waals surface area contributed by atoms with E-state index >= 15 is 0 Å². The summed E-state index contributed by atoms with van der Waals surface area (Å²) in [5, 5.41) is 15.9. The fraction of sp³-hybridized carbons (Fsp3) is 0.250. The molecule has 94 valence electrons. The molecule has 2 rings (SSSR count). The maximum absolute atomic E-state index is 11.8. The number of esters is 1. The van der Waals surface area contributed by atoms with Crippen molar-refractivity contribution in [1.82, 2.24) is 9.78 Å². The molecule has 6 heteroatoms. The Balaban J connectivity index is 2.60. The van der Waals surface area contributed by atoms with Gasteiger partial charge in [0.1, 0.15) is 11.3 Å². The molecule has 18 heavy (non-hydrogen) atoms. The molecule has 0 spiro atoms. The van der Waals surface area contributed by atoms with Crippen molar-refractivity contribution in [1.29, 1.82) is 0 Å². The van der Waals surface area contributed by atoms with Crippen LogP contribution in [0.2, 0.25) is 0 Å². The van der Waals surface area contributed by atoms with Crippen LogP contribution in [0.1, 0.15) is 21.6 Å². The first-order chi connectivity index (χ1) is 8.56. The highest BCUT2D eigenvalue weighted by Crippen LogP contribution is 2.14. The Morgan fingerprint density at radius 3 is 2.83 bits per heavy atom. The summed E-state index contributed by atoms with van der Waals surface area (Å²) in [6.07, 6.45) is 2.79. The van der Waals surface area contributed by atoms with Crippen LogP contribution in [-0.2, 0) is 4.74 Å². The van der Waals surface area contributed by atoms with Gasteiger partial charge in [-0.1, -0.05) is 5.10 Å². The van der Waals surface area contributed by atoms with E-state index in [-0.39, 0.29) is 0 Å². The Morgan fingerprint density at radius 2 is 2.22 bits per heavy atom. The monoisotopic (exact) mass is 247 g/mol. The van der Waals surface area contributed by atoms with Crippen molar-refractivity contribution in [3.8, 4) is 5.82 Å². The third kappa shape index (κ3) is 1.81. The summed E-state index contributed by atoms with van der Waals surface area (Å²) in [5.41, 5.74) is 1.69. The van der Waals surface area contributed by atoms with Gasteiger partial charge in [0.2, 0.25) is 0 Å². The third-order valence-corrected chi connectivity index (χ3v) is 2.74. The molecular formula is C12H13N3O3. The Bertz CT molecular complexity index is 584. The standard InChI is InChI=1S/C12H13N3O3/c1-8-5-4-6-14(17)11(8)15-9(2)10(7-13-15)12(16)18-3/h4-7H,1-3H3. The highest BCUT2D eigenvalue weighted by molar-refractivity contribution is 5.90. The molecule has 6 nitrogen and oxygen atoms in total. The van der Waals surface area contributed by atoms with E-state index < -0.39 is 5.97 Å². The van der Waals surface area contributed by atoms with Crippen molar-refractivity contribution >= 4 is 5.97 Å². The minimum Gasteiger partial charge on any atom is -0.711 e. The summed E-state index contributed by atoms with van der Waals surface area (Å²) >= 11 is 0. The molecule has 2 heterocycles. The largest absolute Gasteiger partial charge is 0.711 e.